The van der Waals surface area contributed by atoms with Crippen LogP contribution < -0.4 is 10.6 Å². The summed E-state index contributed by atoms with van der Waals surface area (Å²) in [6.45, 7) is 3.55. The van der Waals surface area contributed by atoms with Crippen molar-refractivity contribution in [3.63, 3.8) is 0 Å². The van der Waals surface area contributed by atoms with Crippen molar-refractivity contribution in [3.8, 4) is 0 Å². The average molecular weight is 495 g/mol. The van der Waals surface area contributed by atoms with Crippen LogP contribution in [0.2, 0.25) is 0 Å². The zero-order chi connectivity index (χ0) is 26.1. The van der Waals surface area contributed by atoms with Gasteiger partial charge in [-0.3, -0.25) is 14.4 Å². The Bertz CT molecular complexity index is 1170. The minimum Gasteiger partial charge on any atom is -0.352 e. The molecule has 188 valence electrons. The van der Waals surface area contributed by atoms with Crippen molar-refractivity contribution < 1.29 is 23.2 Å². The molecule has 0 radical (unpaired) electrons. The number of anilines is 1. The lowest BCUT2D eigenvalue weighted by molar-refractivity contribution is -0.142. The van der Waals surface area contributed by atoms with Gasteiger partial charge in [0.05, 0.1) is 0 Å². The number of rotatable bonds is 10. The Hall–Kier alpha value is -4.14. The number of carbonyl (C=O) groups is 3. The number of hydrogen-bond donors (Lipinski definition) is 2. The summed E-state index contributed by atoms with van der Waals surface area (Å²) >= 11 is 0. The Morgan fingerprint density at radius 2 is 1.53 bits per heavy atom. The smallest absolute Gasteiger partial charge is 0.247 e. The maximum absolute atomic E-state index is 13.6. The van der Waals surface area contributed by atoms with E-state index in [0.717, 1.165) is 0 Å². The number of pyridine rings is 1. The van der Waals surface area contributed by atoms with E-state index in [1.807, 2.05) is 0 Å². The molecule has 0 aliphatic heterocycles. The molecule has 0 saturated carbocycles. The van der Waals surface area contributed by atoms with Crippen LogP contribution in [0.15, 0.2) is 72.9 Å². The molecule has 1 atom stereocenters. The van der Waals surface area contributed by atoms with Crippen molar-refractivity contribution in [2.75, 3.05) is 5.32 Å². The summed E-state index contributed by atoms with van der Waals surface area (Å²) in [6, 6.07) is 14.6. The van der Waals surface area contributed by atoms with Gasteiger partial charge in [0, 0.05) is 31.6 Å². The molecular formula is C27H28F2N4O3. The third-order valence-corrected chi connectivity index (χ3v) is 5.26. The van der Waals surface area contributed by atoms with Gasteiger partial charge in [-0.15, -0.1) is 0 Å². The topological polar surface area (TPSA) is 91.4 Å². The van der Waals surface area contributed by atoms with E-state index in [-0.39, 0.29) is 25.4 Å². The van der Waals surface area contributed by atoms with Crippen LogP contribution in [0.5, 0.6) is 0 Å². The molecule has 1 aromatic heterocycles. The first-order valence-corrected chi connectivity index (χ1v) is 11.5. The first-order valence-electron chi connectivity index (χ1n) is 11.5. The largest absolute Gasteiger partial charge is 0.352 e. The minimum atomic E-state index is -1.09. The molecule has 0 bridgehead atoms. The number of nitrogens with zero attached hydrogens (tertiary/aromatic N) is 2. The number of nitrogens with one attached hydrogen (secondary N) is 2. The molecule has 36 heavy (non-hydrogen) atoms. The number of halogens is 2. The molecule has 0 saturated heterocycles. The fourth-order valence-electron chi connectivity index (χ4n) is 3.60. The Morgan fingerprint density at radius 1 is 0.889 bits per heavy atom. The van der Waals surface area contributed by atoms with Gasteiger partial charge in [-0.2, -0.15) is 0 Å². The normalized spacial score (nSPS) is 11.6. The van der Waals surface area contributed by atoms with E-state index in [4.69, 9.17) is 0 Å². The number of benzene rings is 2. The van der Waals surface area contributed by atoms with Gasteiger partial charge in [0.25, 0.3) is 0 Å². The number of aromatic nitrogens is 1. The van der Waals surface area contributed by atoms with Gasteiger partial charge in [-0.05, 0) is 61.4 Å². The molecule has 3 aromatic rings. The third kappa shape index (κ3) is 7.69. The highest BCUT2D eigenvalue weighted by Crippen LogP contribution is 2.26. The molecule has 0 spiro atoms. The van der Waals surface area contributed by atoms with E-state index in [1.165, 1.54) is 59.6 Å². The Labute approximate surface area is 208 Å². The number of amides is 3. The SMILES string of the molecule is CC(C)NC(=O)[C@H](c1ccc(F)cc1)N(Cc1ccc(F)cc1)C(=O)CCC(=O)Nc1ccccn1. The highest BCUT2D eigenvalue weighted by molar-refractivity contribution is 5.94. The minimum absolute atomic E-state index is 0.0193. The summed E-state index contributed by atoms with van der Waals surface area (Å²) < 4.78 is 27.1. The van der Waals surface area contributed by atoms with E-state index < -0.39 is 35.4 Å². The molecular weight excluding hydrogens is 466 g/mol. The van der Waals surface area contributed by atoms with Crippen molar-refractivity contribution in [2.45, 2.75) is 45.3 Å². The summed E-state index contributed by atoms with van der Waals surface area (Å²) in [7, 11) is 0. The second kappa shape index (κ2) is 12.5. The molecule has 2 aromatic carbocycles. The quantitative estimate of drug-likeness (QED) is 0.438. The Morgan fingerprint density at radius 3 is 2.11 bits per heavy atom. The van der Waals surface area contributed by atoms with Crippen LogP contribution >= 0.6 is 0 Å². The van der Waals surface area contributed by atoms with Gasteiger partial charge >= 0.3 is 0 Å². The molecule has 7 nitrogen and oxygen atoms in total. The van der Waals surface area contributed by atoms with Crippen LogP contribution in [0.1, 0.15) is 43.9 Å². The van der Waals surface area contributed by atoms with E-state index in [9.17, 15) is 23.2 Å². The lowest BCUT2D eigenvalue weighted by Gasteiger charge is -2.32. The van der Waals surface area contributed by atoms with Crippen molar-refractivity contribution in [3.05, 3.63) is 95.7 Å². The van der Waals surface area contributed by atoms with E-state index >= 15 is 0 Å². The zero-order valence-electron chi connectivity index (χ0n) is 20.1. The Kier molecular flexibility index (Phi) is 9.21. The van der Waals surface area contributed by atoms with Gasteiger partial charge < -0.3 is 15.5 Å². The van der Waals surface area contributed by atoms with Crippen LogP contribution in [0.3, 0.4) is 0 Å². The standard InChI is InChI=1S/C27H28F2N4O3/c1-18(2)31-27(36)26(20-8-12-22(29)13-9-20)33(17-19-6-10-21(28)11-7-19)25(35)15-14-24(34)32-23-5-3-4-16-30-23/h3-13,16,18,26H,14-15,17H2,1-2H3,(H,31,36)(H,30,32,34)/t26-/m0/s1. The lowest BCUT2D eigenvalue weighted by Crippen LogP contribution is -2.45. The van der Waals surface area contributed by atoms with Gasteiger partial charge in [-0.1, -0.05) is 30.3 Å². The molecule has 1 heterocycles. The maximum atomic E-state index is 13.6. The summed E-state index contributed by atoms with van der Waals surface area (Å²) in [5, 5.41) is 5.43. The summed E-state index contributed by atoms with van der Waals surface area (Å²) in [6.07, 6.45) is 1.20. The average Bonchev–Trinajstić information content (AvgIpc) is 2.84. The molecule has 0 unspecified atom stereocenters. The lowest BCUT2D eigenvalue weighted by atomic mass is 10.0. The highest BCUT2D eigenvalue weighted by atomic mass is 19.1. The maximum Gasteiger partial charge on any atom is 0.247 e. The second-order valence-electron chi connectivity index (χ2n) is 8.53. The number of hydrogen-bond acceptors (Lipinski definition) is 4. The van der Waals surface area contributed by atoms with Gasteiger partial charge in [0.2, 0.25) is 17.7 Å². The summed E-state index contributed by atoms with van der Waals surface area (Å²) in [5.41, 5.74) is 0.995. The van der Waals surface area contributed by atoms with Gasteiger partial charge in [-0.25, -0.2) is 13.8 Å². The first kappa shape index (κ1) is 26.5. The van der Waals surface area contributed by atoms with Crippen molar-refractivity contribution in [1.29, 1.82) is 0 Å². The highest BCUT2D eigenvalue weighted by Gasteiger charge is 2.32. The molecule has 9 heteroatoms. The molecule has 0 fully saturated rings. The van der Waals surface area contributed by atoms with Crippen LogP contribution in [-0.2, 0) is 20.9 Å². The van der Waals surface area contributed by atoms with Crippen LogP contribution in [0.4, 0.5) is 14.6 Å². The summed E-state index contributed by atoms with van der Waals surface area (Å²) in [4.78, 5) is 44.5. The van der Waals surface area contributed by atoms with Crippen molar-refractivity contribution >= 4 is 23.5 Å². The molecule has 0 aliphatic rings. The van der Waals surface area contributed by atoms with E-state index in [0.29, 0.717) is 16.9 Å². The second-order valence-corrected chi connectivity index (χ2v) is 8.53. The van der Waals surface area contributed by atoms with Crippen LogP contribution in [0, 0.1) is 11.6 Å². The Balaban J connectivity index is 1.88. The molecule has 3 amide bonds. The third-order valence-electron chi connectivity index (χ3n) is 5.26. The monoisotopic (exact) mass is 494 g/mol. The number of carbonyl (C=O) groups excluding carboxylic acids is 3. The summed E-state index contributed by atoms with van der Waals surface area (Å²) in [5.74, 6) is -1.89. The molecule has 2 N–H and O–H groups in total. The van der Waals surface area contributed by atoms with Gasteiger partial charge in [0.1, 0.15) is 23.5 Å². The van der Waals surface area contributed by atoms with Crippen molar-refractivity contribution in [1.82, 2.24) is 15.2 Å². The van der Waals surface area contributed by atoms with Crippen molar-refractivity contribution in [2.24, 2.45) is 0 Å². The van der Waals surface area contributed by atoms with E-state index in [2.05, 4.69) is 15.6 Å². The molecule has 3 rings (SSSR count). The zero-order valence-corrected chi connectivity index (χ0v) is 20.1. The first-order chi connectivity index (χ1) is 17.2. The van der Waals surface area contributed by atoms with E-state index in [1.54, 1.807) is 32.0 Å². The predicted molar refractivity (Wildman–Crippen MR) is 131 cm³/mol. The predicted octanol–water partition coefficient (Wildman–Crippen LogP) is 4.37. The van der Waals surface area contributed by atoms with Crippen LogP contribution in [-0.4, -0.2) is 33.6 Å². The van der Waals surface area contributed by atoms with Crippen LogP contribution in [0.25, 0.3) is 0 Å². The fraction of sp³-hybridized carbons (Fsp3) is 0.259. The molecule has 0 aliphatic carbocycles. The fourth-order valence-corrected chi connectivity index (χ4v) is 3.60. The van der Waals surface area contributed by atoms with Gasteiger partial charge in [0.15, 0.2) is 0 Å².